The van der Waals surface area contributed by atoms with Gasteiger partial charge in [0, 0.05) is 19.0 Å². The molecule has 0 aliphatic heterocycles. The molecule has 23 heavy (non-hydrogen) atoms. The normalized spacial score (nSPS) is 20.6. The molecule has 1 aliphatic rings. The number of amides is 3. The van der Waals surface area contributed by atoms with E-state index in [1.165, 1.54) is 19.2 Å². The van der Waals surface area contributed by atoms with Crippen molar-refractivity contribution in [3.8, 4) is 5.75 Å². The van der Waals surface area contributed by atoms with Crippen LogP contribution < -0.4 is 20.7 Å². The van der Waals surface area contributed by atoms with Crippen LogP contribution in [0.25, 0.3) is 0 Å². The van der Waals surface area contributed by atoms with Crippen LogP contribution in [0.5, 0.6) is 5.75 Å². The van der Waals surface area contributed by atoms with Crippen LogP contribution in [0.2, 0.25) is 0 Å². The minimum atomic E-state index is -2.85. The first-order chi connectivity index (χ1) is 10.9. The number of carbonyl (C=O) groups is 2. The summed E-state index contributed by atoms with van der Waals surface area (Å²) in [6.07, 6.45) is 0.761. The highest BCUT2D eigenvalue weighted by molar-refractivity contribution is 5.86. The second-order valence-corrected chi connectivity index (χ2v) is 5.35. The van der Waals surface area contributed by atoms with Crippen molar-refractivity contribution in [3.05, 3.63) is 29.8 Å². The third-order valence-corrected chi connectivity index (χ3v) is 3.63. The van der Waals surface area contributed by atoms with Crippen molar-refractivity contribution in [2.24, 2.45) is 0 Å². The van der Waals surface area contributed by atoms with Gasteiger partial charge in [0.25, 0.3) is 0 Å². The number of likely N-dealkylation sites (N-methyl/N-ethyl adjacent to an activating group) is 1. The van der Waals surface area contributed by atoms with Gasteiger partial charge < -0.3 is 20.7 Å². The number of hydrogen-bond acceptors (Lipinski definition) is 3. The Bertz CT molecular complexity index is 566. The summed E-state index contributed by atoms with van der Waals surface area (Å²) < 4.78 is 28.4. The molecule has 0 radical (unpaired) electrons. The van der Waals surface area contributed by atoms with E-state index in [-0.39, 0.29) is 23.6 Å². The summed E-state index contributed by atoms with van der Waals surface area (Å²) >= 11 is 0. The van der Waals surface area contributed by atoms with Gasteiger partial charge in [0.1, 0.15) is 11.8 Å². The third kappa shape index (κ3) is 4.80. The number of nitrogens with one attached hydrogen (secondary N) is 3. The number of urea groups is 1. The van der Waals surface area contributed by atoms with Gasteiger partial charge in [-0.2, -0.15) is 8.78 Å². The second-order valence-electron chi connectivity index (χ2n) is 5.35. The summed E-state index contributed by atoms with van der Waals surface area (Å²) in [6.45, 7) is -1.26. The van der Waals surface area contributed by atoms with Crippen molar-refractivity contribution in [3.63, 3.8) is 0 Å². The van der Waals surface area contributed by atoms with Crippen LogP contribution in [0.1, 0.15) is 24.8 Å². The highest BCUT2D eigenvalue weighted by Crippen LogP contribution is 2.41. The number of rotatable bonds is 6. The zero-order chi connectivity index (χ0) is 17.0. The molecule has 0 spiro atoms. The quantitative estimate of drug-likeness (QED) is 0.742. The molecule has 1 aromatic carbocycles. The van der Waals surface area contributed by atoms with Gasteiger partial charge in [-0.3, -0.25) is 4.79 Å². The monoisotopic (exact) mass is 327 g/mol. The largest absolute Gasteiger partial charge is 0.435 e. The van der Waals surface area contributed by atoms with Gasteiger partial charge in [-0.25, -0.2) is 4.79 Å². The minimum Gasteiger partial charge on any atom is -0.435 e. The lowest BCUT2D eigenvalue weighted by atomic mass is 10.1. The zero-order valence-corrected chi connectivity index (χ0v) is 12.8. The van der Waals surface area contributed by atoms with Crippen LogP contribution >= 0.6 is 0 Å². The molecule has 3 amide bonds. The molecule has 6 nitrogen and oxygen atoms in total. The highest BCUT2D eigenvalue weighted by Gasteiger charge is 2.39. The summed E-state index contributed by atoms with van der Waals surface area (Å²) in [5.74, 6) is -0.0372. The first kappa shape index (κ1) is 17.0. The Morgan fingerprint density at radius 1 is 1.26 bits per heavy atom. The van der Waals surface area contributed by atoms with E-state index in [9.17, 15) is 18.4 Å². The summed E-state index contributed by atoms with van der Waals surface area (Å²) in [5, 5.41) is 7.76. The van der Waals surface area contributed by atoms with E-state index in [1.807, 2.05) is 0 Å². The molecule has 0 saturated heterocycles. The van der Waals surface area contributed by atoms with E-state index >= 15 is 0 Å². The first-order valence-electron chi connectivity index (χ1n) is 7.24. The molecule has 0 heterocycles. The molecule has 3 atom stereocenters. The summed E-state index contributed by atoms with van der Waals surface area (Å²) in [7, 11) is 1.50. The predicted octanol–water partition coefficient (Wildman–Crippen LogP) is 1.58. The molecule has 3 N–H and O–H groups in total. The maximum absolute atomic E-state index is 12.1. The van der Waals surface area contributed by atoms with Crippen LogP contribution in [0.15, 0.2) is 24.3 Å². The van der Waals surface area contributed by atoms with Crippen LogP contribution in [0.3, 0.4) is 0 Å². The molecule has 0 unspecified atom stereocenters. The van der Waals surface area contributed by atoms with Gasteiger partial charge in [0.15, 0.2) is 0 Å². The van der Waals surface area contributed by atoms with Crippen molar-refractivity contribution in [1.29, 1.82) is 0 Å². The lowest BCUT2D eigenvalue weighted by Gasteiger charge is -2.13. The first-order valence-corrected chi connectivity index (χ1v) is 7.24. The number of carbonyl (C=O) groups excluding carboxylic acids is 2. The molecule has 1 saturated carbocycles. The molecule has 0 bridgehead atoms. The van der Waals surface area contributed by atoms with E-state index in [4.69, 9.17) is 0 Å². The van der Waals surface area contributed by atoms with Gasteiger partial charge in [-0.1, -0.05) is 12.1 Å². The van der Waals surface area contributed by atoms with Crippen molar-refractivity contribution in [2.75, 3.05) is 7.05 Å². The fourth-order valence-electron chi connectivity index (χ4n) is 2.31. The van der Waals surface area contributed by atoms with Crippen LogP contribution in [0.4, 0.5) is 13.6 Å². The fourth-order valence-corrected chi connectivity index (χ4v) is 2.31. The van der Waals surface area contributed by atoms with Gasteiger partial charge in [-0.05, 0) is 31.0 Å². The number of benzene rings is 1. The van der Waals surface area contributed by atoms with Crippen LogP contribution in [-0.2, 0) is 4.79 Å². The van der Waals surface area contributed by atoms with Gasteiger partial charge >= 0.3 is 12.6 Å². The molecule has 1 aromatic rings. The molecular weight excluding hydrogens is 308 g/mol. The SMILES string of the molecule is CNC(=O)[C@H](C)NC(=O)N[C@@H]1C[C@H]1c1ccc(OC(F)F)cc1. The second kappa shape index (κ2) is 7.26. The van der Waals surface area contributed by atoms with Gasteiger partial charge in [0.2, 0.25) is 5.91 Å². The van der Waals surface area contributed by atoms with Crippen molar-refractivity contribution in [2.45, 2.75) is 38.0 Å². The molecule has 2 rings (SSSR count). The molecule has 0 aromatic heterocycles. The van der Waals surface area contributed by atoms with E-state index in [0.29, 0.717) is 0 Å². The zero-order valence-electron chi connectivity index (χ0n) is 12.8. The van der Waals surface area contributed by atoms with Crippen molar-refractivity contribution < 1.29 is 23.1 Å². The Kier molecular flexibility index (Phi) is 5.36. The molecule has 8 heteroatoms. The molecule has 1 fully saturated rings. The fraction of sp³-hybridized carbons (Fsp3) is 0.467. The maximum Gasteiger partial charge on any atom is 0.387 e. The molecule has 126 valence electrons. The summed E-state index contributed by atoms with van der Waals surface area (Å²) in [6, 6.07) is 5.29. The van der Waals surface area contributed by atoms with E-state index < -0.39 is 18.7 Å². The van der Waals surface area contributed by atoms with Gasteiger partial charge in [0.05, 0.1) is 0 Å². The Labute approximate surface area is 132 Å². The number of ether oxygens (including phenoxy) is 1. The Morgan fingerprint density at radius 3 is 2.48 bits per heavy atom. The molecular formula is C15H19F2N3O3. The maximum atomic E-state index is 12.1. The number of halogens is 2. The predicted molar refractivity (Wildman–Crippen MR) is 79.4 cm³/mol. The van der Waals surface area contributed by atoms with E-state index in [1.54, 1.807) is 19.1 Å². The lowest BCUT2D eigenvalue weighted by Crippen LogP contribution is -2.48. The standard InChI is InChI=1S/C15H19F2N3O3/c1-8(13(21)18-2)19-15(22)20-12-7-11(12)9-3-5-10(6-4-9)23-14(16)17/h3-6,8,11-12,14H,7H2,1-2H3,(H,18,21)(H2,19,20,22)/t8-,11-,12+/m0/s1. The smallest absolute Gasteiger partial charge is 0.387 e. The summed E-state index contributed by atoms with van der Waals surface area (Å²) in [4.78, 5) is 23.1. The number of alkyl halides is 2. The van der Waals surface area contributed by atoms with Crippen LogP contribution in [-0.4, -0.2) is 37.7 Å². The molecule has 1 aliphatic carbocycles. The lowest BCUT2D eigenvalue weighted by molar-refractivity contribution is -0.122. The van der Waals surface area contributed by atoms with E-state index in [0.717, 1.165) is 12.0 Å². The minimum absolute atomic E-state index is 0.0336. The Hall–Kier alpha value is -2.38. The van der Waals surface area contributed by atoms with Crippen molar-refractivity contribution >= 4 is 11.9 Å². The highest BCUT2D eigenvalue weighted by atomic mass is 19.3. The van der Waals surface area contributed by atoms with Crippen molar-refractivity contribution in [1.82, 2.24) is 16.0 Å². The Balaban J connectivity index is 1.80. The average molecular weight is 327 g/mol. The number of hydrogen-bond donors (Lipinski definition) is 3. The summed E-state index contributed by atoms with van der Waals surface area (Å²) in [5.41, 5.74) is 0.941. The van der Waals surface area contributed by atoms with Crippen LogP contribution in [0, 0.1) is 0 Å². The topological polar surface area (TPSA) is 79.5 Å². The third-order valence-electron chi connectivity index (χ3n) is 3.63. The van der Waals surface area contributed by atoms with E-state index in [2.05, 4.69) is 20.7 Å². The average Bonchev–Trinajstić information content (AvgIpc) is 3.25. The van der Waals surface area contributed by atoms with Gasteiger partial charge in [-0.15, -0.1) is 0 Å². The Morgan fingerprint density at radius 2 is 1.91 bits per heavy atom.